The van der Waals surface area contributed by atoms with Crippen molar-refractivity contribution in [2.75, 3.05) is 13.7 Å². The highest BCUT2D eigenvalue weighted by Gasteiger charge is 2.18. The molecule has 2 amide bonds. The highest BCUT2D eigenvalue weighted by Crippen LogP contribution is 2.16. The van der Waals surface area contributed by atoms with Gasteiger partial charge in [0.1, 0.15) is 5.75 Å². The van der Waals surface area contributed by atoms with Gasteiger partial charge in [0.15, 0.2) is 6.04 Å². The zero-order chi connectivity index (χ0) is 14.3. The molecule has 0 unspecified atom stereocenters. The number of urea groups is 1. The number of aliphatic hydroxyl groups is 1. The minimum atomic E-state index is -1.32. The lowest BCUT2D eigenvalue weighted by atomic mass is 10.2. The largest absolute Gasteiger partial charge is 0.496 e. The van der Waals surface area contributed by atoms with Gasteiger partial charge in [-0.3, -0.25) is 0 Å². The van der Waals surface area contributed by atoms with Gasteiger partial charge in [-0.05, 0) is 6.07 Å². The summed E-state index contributed by atoms with van der Waals surface area (Å²) in [6.07, 6.45) is 0. The lowest BCUT2D eigenvalue weighted by Gasteiger charge is -2.13. The molecule has 104 valence electrons. The van der Waals surface area contributed by atoms with E-state index in [4.69, 9.17) is 14.9 Å². The molecule has 0 aliphatic carbocycles. The number of nitrogens with one attached hydrogen (secondary N) is 2. The fraction of sp³-hybridized carbons (Fsp3) is 0.333. The highest BCUT2D eigenvalue weighted by molar-refractivity contribution is 5.82. The number of aliphatic hydroxyl groups excluding tert-OH is 1. The van der Waals surface area contributed by atoms with E-state index in [0.29, 0.717) is 5.75 Å². The number of para-hydroxylation sites is 1. The van der Waals surface area contributed by atoms with Gasteiger partial charge in [0.2, 0.25) is 0 Å². The van der Waals surface area contributed by atoms with Gasteiger partial charge in [0.25, 0.3) is 0 Å². The minimum Gasteiger partial charge on any atom is -0.496 e. The Balaban J connectivity index is 2.52. The van der Waals surface area contributed by atoms with Crippen molar-refractivity contribution in [2.24, 2.45) is 0 Å². The van der Waals surface area contributed by atoms with Crippen LogP contribution in [-0.2, 0) is 11.3 Å². The van der Waals surface area contributed by atoms with Crippen LogP contribution >= 0.6 is 0 Å². The van der Waals surface area contributed by atoms with Gasteiger partial charge in [0, 0.05) is 12.1 Å². The number of benzene rings is 1. The van der Waals surface area contributed by atoms with Gasteiger partial charge in [-0.15, -0.1) is 0 Å². The molecule has 0 aromatic heterocycles. The highest BCUT2D eigenvalue weighted by atomic mass is 16.5. The first-order chi connectivity index (χ1) is 9.08. The first-order valence-corrected chi connectivity index (χ1v) is 5.58. The maximum absolute atomic E-state index is 11.5. The molecule has 1 aromatic rings. The van der Waals surface area contributed by atoms with Crippen LogP contribution in [0, 0.1) is 0 Å². The van der Waals surface area contributed by atoms with E-state index in [2.05, 4.69) is 10.6 Å². The first kappa shape index (κ1) is 14.8. The fourth-order valence-electron chi connectivity index (χ4n) is 1.42. The maximum atomic E-state index is 11.5. The maximum Gasteiger partial charge on any atom is 0.328 e. The van der Waals surface area contributed by atoms with E-state index in [1.54, 1.807) is 24.3 Å². The Bertz CT molecular complexity index is 450. The molecule has 19 heavy (non-hydrogen) atoms. The van der Waals surface area contributed by atoms with Crippen molar-refractivity contribution in [1.29, 1.82) is 0 Å². The summed E-state index contributed by atoms with van der Waals surface area (Å²) in [5, 5.41) is 22.1. The molecule has 4 N–H and O–H groups in total. The molecular formula is C12H16N2O5. The number of aliphatic carboxylic acids is 1. The second-order valence-corrected chi connectivity index (χ2v) is 3.71. The molecule has 0 fully saturated rings. The number of hydrogen-bond acceptors (Lipinski definition) is 4. The third kappa shape index (κ3) is 4.47. The Morgan fingerprint density at radius 1 is 1.37 bits per heavy atom. The van der Waals surface area contributed by atoms with Crippen LogP contribution in [0.1, 0.15) is 5.56 Å². The summed E-state index contributed by atoms with van der Waals surface area (Å²) < 4.78 is 5.11. The molecule has 0 radical (unpaired) electrons. The van der Waals surface area contributed by atoms with Gasteiger partial charge in [-0.25, -0.2) is 9.59 Å². The van der Waals surface area contributed by atoms with Crippen LogP contribution in [-0.4, -0.2) is 42.0 Å². The predicted molar refractivity (Wildman–Crippen MR) is 66.9 cm³/mol. The SMILES string of the molecule is COc1ccccc1CNC(=O)N[C@H](CO)C(=O)O. The Labute approximate surface area is 110 Å². The van der Waals surface area contributed by atoms with E-state index in [1.165, 1.54) is 7.11 Å². The van der Waals surface area contributed by atoms with E-state index in [1.807, 2.05) is 0 Å². The summed E-state index contributed by atoms with van der Waals surface area (Å²) in [6.45, 7) is -0.481. The van der Waals surface area contributed by atoms with Gasteiger partial charge in [-0.2, -0.15) is 0 Å². The Hall–Kier alpha value is -2.28. The lowest BCUT2D eigenvalue weighted by Crippen LogP contribution is -2.47. The molecule has 0 spiro atoms. The van der Waals surface area contributed by atoms with Crippen molar-refractivity contribution in [1.82, 2.24) is 10.6 Å². The number of ether oxygens (including phenoxy) is 1. The molecule has 0 saturated carbocycles. The van der Waals surface area contributed by atoms with Gasteiger partial charge in [-0.1, -0.05) is 18.2 Å². The Morgan fingerprint density at radius 3 is 2.63 bits per heavy atom. The van der Waals surface area contributed by atoms with Crippen LogP contribution in [0.5, 0.6) is 5.75 Å². The minimum absolute atomic E-state index is 0.188. The van der Waals surface area contributed by atoms with Crippen LogP contribution in [0.4, 0.5) is 4.79 Å². The monoisotopic (exact) mass is 268 g/mol. The first-order valence-electron chi connectivity index (χ1n) is 5.58. The number of carbonyl (C=O) groups is 2. The summed E-state index contributed by atoms with van der Waals surface area (Å²) in [5.41, 5.74) is 0.760. The zero-order valence-corrected chi connectivity index (χ0v) is 10.4. The third-order valence-corrected chi connectivity index (χ3v) is 2.42. The molecule has 0 aliphatic heterocycles. The van der Waals surface area contributed by atoms with Crippen molar-refractivity contribution < 1.29 is 24.5 Å². The quantitative estimate of drug-likeness (QED) is 0.578. The molecule has 0 heterocycles. The summed E-state index contributed by atoms with van der Waals surface area (Å²) in [6, 6.07) is 5.13. The average molecular weight is 268 g/mol. The third-order valence-electron chi connectivity index (χ3n) is 2.42. The van der Waals surface area contributed by atoms with Crippen LogP contribution in [0.2, 0.25) is 0 Å². The molecule has 1 atom stereocenters. The topological polar surface area (TPSA) is 108 Å². The molecule has 7 nitrogen and oxygen atoms in total. The van der Waals surface area contributed by atoms with Crippen molar-refractivity contribution in [3.63, 3.8) is 0 Å². The molecular weight excluding hydrogens is 252 g/mol. The predicted octanol–water partition coefficient (Wildman–Crippen LogP) is -0.0601. The zero-order valence-electron chi connectivity index (χ0n) is 10.4. The van der Waals surface area contributed by atoms with Crippen LogP contribution in [0.3, 0.4) is 0 Å². The van der Waals surface area contributed by atoms with Crippen LogP contribution in [0.15, 0.2) is 24.3 Å². The second-order valence-electron chi connectivity index (χ2n) is 3.71. The van der Waals surface area contributed by atoms with Crippen molar-refractivity contribution in [3.8, 4) is 5.75 Å². The van der Waals surface area contributed by atoms with E-state index in [-0.39, 0.29) is 6.54 Å². The average Bonchev–Trinajstić information content (AvgIpc) is 2.42. The molecule has 7 heteroatoms. The number of carboxylic acid groups (broad SMARTS) is 1. The summed E-state index contributed by atoms with van der Waals surface area (Å²) in [7, 11) is 1.52. The van der Waals surface area contributed by atoms with Crippen molar-refractivity contribution in [3.05, 3.63) is 29.8 Å². The van der Waals surface area contributed by atoms with Crippen LogP contribution in [0.25, 0.3) is 0 Å². The number of hydrogen-bond donors (Lipinski definition) is 4. The second kappa shape index (κ2) is 7.22. The van der Waals surface area contributed by atoms with Crippen molar-refractivity contribution in [2.45, 2.75) is 12.6 Å². The summed E-state index contributed by atoms with van der Waals surface area (Å²) in [5.74, 6) is -0.672. The molecule has 0 bridgehead atoms. The number of amides is 2. The fourth-order valence-corrected chi connectivity index (χ4v) is 1.42. The number of carbonyl (C=O) groups excluding carboxylic acids is 1. The lowest BCUT2D eigenvalue weighted by molar-refractivity contribution is -0.140. The van der Waals surface area contributed by atoms with Crippen LogP contribution < -0.4 is 15.4 Å². The van der Waals surface area contributed by atoms with E-state index >= 15 is 0 Å². The molecule has 0 aliphatic rings. The Morgan fingerprint density at radius 2 is 2.05 bits per heavy atom. The smallest absolute Gasteiger partial charge is 0.328 e. The van der Waals surface area contributed by atoms with E-state index in [9.17, 15) is 9.59 Å². The number of carboxylic acids is 1. The molecule has 1 rings (SSSR count). The normalized spacial score (nSPS) is 11.5. The molecule has 0 saturated heterocycles. The van der Waals surface area contributed by atoms with Gasteiger partial charge in [0.05, 0.1) is 13.7 Å². The number of methoxy groups -OCH3 is 1. The number of rotatable bonds is 6. The standard InChI is InChI=1S/C12H16N2O5/c1-19-10-5-3-2-4-8(10)6-13-12(18)14-9(7-15)11(16)17/h2-5,9,15H,6-7H2,1H3,(H,16,17)(H2,13,14,18)/t9-/m1/s1. The molecule has 1 aromatic carbocycles. The summed E-state index contributed by atoms with van der Waals surface area (Å²) in [4.78, 5) is 22.1. The van der Waals surface area contributed by atoms with E-state index < -0.39 is 24.6 Å². The summed E-state index contributed by atoms with van der Waals surface area (Å²) >= 11 is 0. The van der Waals surface area contributed by atoms with Crippen molar-refractivity contribution >= 4 is 12.0 Å². The van der Waals surface area contributed by atoms with E-state index in [0.717, 1.165) is 5.56 Å². The van der Waals surface area contributed by atoms with Gasteiger partial charge >= 0.3 is 12.0 Å². The Kier molecular flexibility index (Phi) is 5.62. The van der Waals surface area contributed by atoms with Gasteiger partial charge < -0.3 is 25.6 Å².